The molecule has 0 aliphatic carbocycles. The Hall–Kier alpha value is -1.42. The van der Waals surface area contributed by atoms with Crippen molar-refractivity contribution in [3.05, 3.63) is 30.1 Å². The van der Waals surface area contributed by atoms with Crippen LogP contribution in [0.15, 0.2) is 24.3 Å². The lowest BCUT2D eigenvalue weighted by Crippen LogP contribution is -2.39. The first-order valence-corrected chi connectivity index (χ1v) is 6.45. The molecule has 2 heterocycles. The lowest BCUT2D eigenvalue weighted by Gasteiger charge is -2.25. The van der Waals surface area contributed by atoms with Crippen LogP contribution in [0.3, 0.4) is 0 Å². The molecule has 3 rings (SSSR count). The van der Waals surface area contributed by atoms with Crippen molar-refractivity contribution in [1.82, 2.24) is 5.32 Å². The normalized spacial score (nSPS) is 29.6. The number of para-hydroxylation sites is 1. The van der Waals surface area contributed by atoms with Crippen LogP contribution in [0.25, 0.3) is 0 Å². The molecule has 4 heteroatoms. The van der Waals surface area contributed by atoms with E-state index in [0.717, 1.165) is 19.3 Å². The maximum absolute atomic E-state index is 13.7. The summed E-state index contributed by atoms with van der Waals surface area (Å²) in [7, 11) is 1.66. The predicted octanol–water partition coefficient (Wildman–Crippen LogP) is 1.93. The number of nitrogens with one attached hydrogen (secondary N) is 1. The van der Waals surface area contributed by atoms with Gasteiger partial charge in [-0.3, -0.25) is 4.79 Å². The third-order valence-corrected chi connectivity index (χ3v) is 4.16. The first kappa shape index (κ1) is 11.7. The van der Waals surface area contributed by atoms with E-state index in [4.69, 9.17) is 0 Å². The molecule has 1 aromatic rings. The highest BCUT2D eigenvalue weighted by molar-refractivity contribution is 5.95. The van der Waals surface area contributed by atoms with Gasteiger partial charge in [0.1, 0.15) is 5.82 Å². The second kappa shape index (κ2) is 4.35. The minimum absolute atomic E-state index is 0.00774. The van der Waals surface area contributed by atoms with E-state index in [1.807, 2.05) is 0 Å². The number of amides is 1. The highest BCUT2D eigenvalue weighted by Crippen LogP contribution is 2.35. The Morgan fingerprint density at radius 3 is 2.78 bits per heavy atom. The zero-order chi connectivity index (χ0) is 12.7. The highest BCUT2D eigenvalue weighted by atomic mass is 19.1. The Balaban J connectivity index is 1.79. The summed E-state index contributed by atoms with van der Waals surface area (Å²) in [6.07, 6.45) is 3.12. The molecule has 2 bridgehead atoms. The van der Waals surface area contributed by atoms with E-state index in [1.165, 1.54) is 11.0 Å². The molecule has 0 saturated carbocycles. The van der Waals surface area contributed by atoms with Gasteiger partial charge >= 0.3 is 0 Å². The summed E-state index contributed by atoms with van der Waals surface area (Å²) >= 11 is 0. The summed E-state index contributed by atoms with van der Waals surface area (Å²) in [5, 5.41) is 3.44. The SMILES string of the molecule is CN(C(=O)C1CC2CCC1N2)c1ccccc1F. The number of carbonyl (C=O) groups is 1. The number of anilines is 1. The monoisotopic (exact) mass is 248 g/mol. The van der Waals surface area contributed by atoms with Gasteiger partial charge in [0.25, 0.3) is 0 Å². The number of hydrogen-bond acceptors (Lipinski definition) is 2. The minimum atomic E-state index is -0.343. The van der Waals surface area contributed by atoms with Crippen LogP contribution in [-0.2, 0) is 4.79 Å². The van der Waals surface area contributed by atoms with Gasteiger partial charge in [0.2, 0.25) is 5.91 Å². The lowest BCUT2D eigenvalue weighted by molar-refractivity contribution is -0.122. The molecule has 2 aliphatic rings. The third-order valence-electron chi connectivity index (χ3n) is 4.16. The van der Waals surface area contributed by atoms with Crippen LogP contribution in [0.4, 0.5) is 10.1 Å². The van der Waals surface area contributed by atoms with Crippen molar-refractivity contribution in [1.29, 1.82) is 0 Å². The standard InChI is InChI=1S/C14H17FN2O/c1-17(13-5-3-2-4-11(13)15)14(18)10-8-9-6-7-12(10)16-9/h2-5,9-10,12,16H,6-8H2,1H3. The van der Waals surface area contributed by atoms with Crippen molar-refractivity contribution in [2.75, 3.05) is 11.9 Å². The summed E-state index contributed by atoms with van der Waals surface area (Å²) in [5.41, 5.74) is 0.366. The van der Waals surface area contributed by atoms with Gasteiger partial charge in [-0.15, -0.1) is 0 Å². The maximum atomic E-state index is 13.7. The molecule has 1 aromatic carbocycles. The Kier molecular flexibility index (Phi) is 2.82. The minimum Gasteiger partial charge on any atom is -0.313 e. The van der Waals surface area contributed by atoms with Crippen molar-refractivity contribution in [2.45, 2.75) is 31.3 Å². The van der Waals surface area contributed by atoms with Crippen LogP contribution >= 0.6 is 0 Å². The molecule has 18 heavy (non-hydrogen) atoms. The Morgan fingerprint density at radius 1 is 1.39 bits per heavy atom. The Labute approximate surface area is 106 Å². The van der Waals surface area contributed by atoms with Crippen molar-refractivity contribution in [3.8, 4) is 0 Å². The fraction of sp³-hybridized carbons (Fsp3) is 0.500. The number of halogens is 1. The number of fused-ring (bicyclic) bond motifs is 2. The second-order valence-electron chi connectivity index (χ2n) is 5.24. The van der Waals surface area contributed by atoms with Crippen LogP contribution in [-0.4, -0.2) is 25.0 Å². The molecule has 0 spiro atoms. The quantitative estimate of drug-likeness (QED) is 0.867. The van der Waals surface area contributed by atoms with E-state index in [0.29, 0.717) is 11.7 Å². The van der Waals surface area contributed by atoms with Crippen LogP contribution in [0.2, 0.25) is 0 Å². The zero-order valence-electron chi connectivity index (χ0n) is 10.4. The zero-order valence-corrected chi connectivity index (χ0v) is 10.4. The van der Waals surface area contributed by atoms with E-state index in [9.17, 15) is 9.18 Å². The summed E-state index contributed by atoms with van der Waals surface area (Å²) < 4.78 is 13.7. The largest absolute Gasteiger partial charge is 0.313 e. The van der Waals surface area contributed by atoms with Crippen molar-refractivity contribution >= 4 is 11.6 Å². The summed E-state index contributed by atoms with van der Waals surface area (Å²) in [6.45, 7) is 0. The van der Waals surface area contributed by atoms with Gasteiger partial charge in [-0.05, 0) is 31.4 Å². The van der Waals surface area contributed by atoms with Crippen molar-refractivity contribution in [2.24, 2.45) is 5.92 Å². The van der Waals surface area contributed by atoms with Crippen LogP contribution < -0.4 is 10.2 Å². The molecule has 3 unspecified atom stereocenters. The van der Waals surface area contributed by atoms with Gasteiger partial charge in [0, 0.05) is 19.1 Å². The van der Waals surface area contributed by atoms with Crippen molar-refractivity contribution in [3.63, 3.8) is 0 Å². The summed E-state index contributed by atoms with van der Waals surface area (Å²) in [4.78, 5) is 13.9. The van der Waals surface area contributed by atoms with Gasteiger partial charge in [-0.25, -0.2) is 4.39 Å². The second-order valence-corrected chi connectivity index (χ2v) is 5.24. The molecular formula is C14H17FN2O. The summed E-state index contributed by atoms with van der Waals surface area (Å²) in [5.74, 6) is -0.308. The van der Waals surface area contributed by atoms with E-state index < -0.39 is 0 Å². The van der Waals surface area contributed by atoms with Gasteiger partial charge in [-0.1, -0.05) is 12.1 Å². The molecule has 96 valence electrons. The van der Waals surface area contributed by atoms with Crippen LogP contribution in [0.5, 0.6) is 0 Å². The number of hydrogen-bond donors (Lipinski definition) is 1. The number of rotatable bonds is 2. The molecule has 1 amide bonds. The highest BCUT2D eigenvalue weighted by Gasteiger charge is 2.43. The van der Waals surface area contributed by atoms with Crippen LogP contribution in [0.1, 0.15) is 19.3 Å². The first-order valence-electron chi connectivity index (χ1n) is 6.45. The number of nitrogens with zero attached hydrogens (tertiary/aromatic N) is 1. The average Bonchev–Trinajstić information content (AvgIpc) is 3.00. The summed E-state index contributed by atoms with van der Waals surface area (Å²) in [6, 6.07) is 7.19. The predicted molar refractivity (Wildman–Crippen MR) is 67.9 cm³/mol. The fourth-order valence-electron chi connectivity index (χ4n) is 3.19. The fourth-order valence-corrected chi connectivity index (χ4v) is 3.19. The third kappa shape index (κ3) is 1.81. The lowest BCUT2D eigenvalue weighted by atomic mass is 9.88. The number of carbonyl (C=O) groups excluding carboxylic acids is 1. The molecule has 3 atom stereocenters. The Bertz CT molecular complexity index is 477. The maximum Gasteiger partial charge on any atom is 0.231 e. The molecular weight excluding hydrogens is 231 g/mol. The molecule has 2 aliphatic heterocycles. The van der Waals surface area contributed by atoms with E-state index in [1.54, 1.807) is 25.2 Å². The van der Waals surface area contributed by atoms with Gasteiger partial charge in [0.05, 0.1) is 11.6 Å². The molecule has 2 saturated heterocycles. The topological polar surface area (TPSA) is 32.3 Å². The van der Waals surface area contributed by atoms with E-state index in [2.05, 4.69) is 5.32 Å². The number of benzene rings is 1. The average molecular weight is 248 g/mol. The molecule has 3 nitrogen and oxygen atoms in total. The van der Waals surface area contributed by atoms with E-state index >= 15 is 0 Å². The molecule has 0 aromatic heterocycles. The van der Waals surface area contributed by atoms with Crippen LogP contribution in [0, 0.1) is 11.7 Å². The smallest absolute Gasteiger partial charge is 0.231 e. The first-order chi connectivity index (χ1) is 8.66. The van der Waals surface area contributed by atoms with E-state index in [-0.39, 0.29) is 23.7 Å². The Morgan fingerprint density at radius 2 is 2.17 bits per heavy atom. The van der Waals surface area contributed by atoms with Gasteiger partial charge in [0.15, 0.2) is 0 Å². The molecule has 2 fully saturated rings. The van der Waals surface area contributed by atoms with Gasteiger partial charge < -0.3 is 10.2 Å². The molecule has 0 radical (unpaired) electrons. The van der Waals surface area contributed by atoms with Gasteiger partial charge in [-0.2, -0.15) is 0 Å². The molecule has 1 N–H and O–H groups in total. The van der Waals surface area contributed by atoms with Crippen molar-refractivity contribution < 1.29 is 9.18 Å².